The van der Waals surface area contributed by atoms with E-state index in [0.29, 0.717) is 5.76 Å². The third-order valence-electron chi connectivity index (χ3n) is 1.50. The minimum atomic E-state index is -0.902. The van der Waals surface area contributed by atoms with E-state index in [4.69, 9.17) is 9.15 Å². The fraction of sp³-hybridized carbons (Fsp3) is 0.333. The maximum absolute atomic E-state index is 10.1. The Morgan fingerprint density at radius 3 is 2.91 bits per heavy atom. The number of hydrogen-bond acceptors (Lipinski definition) is 4. The minimum absolute atomic E-state index is 0.465. The SMILES string of the molecule is O=[N+]([O-])[C@@H]1O[C@@H]1c1ccco1. The first kappa shape index (κ1) is 6.36. The lowest BCUT2D eigenvalue weighted by molar-refractivity contribution is -0.516. The zero-order chi connectivity index (χ0) is 7.84. The van der Waals surface area contributed by atoms with Crippen LogP contribution in [0.5, 0.6) is 0 Å². The van der Waals surface area contributed by atoms with Gasteiger partial charge in [0.05, 0.1) is 11.2 Å². The summed E-state index contributed by atoms with van der Waals surface area (Å²) < 4.78 is 9.64. The minimum Gasteiger partial charge on any atom is -0.466 e. The molecule has 1 fully saturated rings. The van der Waals surface area contributed by atoms with Gasteiger partial charge in [0.25, 0.3) is 0 Å². The second-order valence-electron chi connectivity index (χ2n) is 2.25. The van der Waals surface area contributed by atoms with E-state index in [1.807, 2.05) is 0 Å². The lowest BCUT2D eigenvalue weighted by Gasteiger charge is -1.82. The molecule has 1 aromatic heterocycles. The van der Waals surface area contributed by atoms with Gasteiger partial charge in [0, 0.05) is 0 Å². The molecule has 0 aliphatic carbocycles. The molecule has 0 aromatic carbocycles. The lowest BCUT2D eigenvalue weighted by atomic mass is 10.3. The maximum atomic E-state index is 10.1. The summed E-state index contributed by atoms with van der Waals surface area (Å²) in [5.74, 6) is 0.520. The zero-order valence-corrected chi connectivity index (χ0v) is 5.47. The molecule has 2 rings (SSSR count). The van der Waals surface area contributed by atoms with Crippen LogP contribution in [0.1, 0.15) is 11.9 Å². The van der Waals surface area contributed by atoms with Gasteiger partial charge in [-0.05, 0) is 12.1 Å². The van der Waals surface area contributed by atoms with E-state index < -0.39 is 17.3 Å². The highest BCUT2D eigenvalue weighted by Gasteiger charge is 2.53. The molecule has 1 saturated heterocycles. The van der Waals surface area contributed by atoms with Gasteiger partial charge in [-0.25, -0.2) is 0 Å². The van der Waals surface area contributed by atoms with Crippen LogP contribution in [-0.2, 0) is 4.74 Å². The van der Waals surface area contributed by atoms with Crippen molar-refractivity contribution < 1.29 is 14.1 Å². The number of furan rings is 1. The van der Waals surface area contributed by atoms with Crippen molar-refractivity contribution in [3.63, 3.8) is 0 Å². The van der Waals surface area contributed by atoms with Crippen molar-refractivity contribution in [2.45, 2.75) is 12.3 Å². The molecule has 1 aliphatic heterocycles. The van der Waals surface area contributed by atoms with Crippen molar-refractivity contribution in [3.8, 4) is 0 Å². The van der Waals surface area contributed by atoms with Crippen molar-refractivity contribution in [2.75, 3.05) is 0 Å². The molecule has 5 nitrogen and oxygen atoms in total. The van der Waals surface area contributed by atoms with Crippen LogP contribution < -0.4 is 0 Å². The lowest BCUT2D eigenvalue weighted by Crippen LogP contribution is -2.02. The van der Waals surface area contributed by atoms with E-state index in [-0.39, 0.29) is 0 Å². The standard InChI is InChI=1S/C6H5NO4/c8-7(9)6-5(11-6)4-2-1-3-10-4/h1-3,5-6H/t5-,6-/m1/s1. The quantitative estimate of drug-likeness (QED) is 0.362. The van der Waals surface area contributed by atoms with Gasteiger partial charge in [-0.2, -0.15) is 0 Å². The van der Waals surface area contributed by atoms with Crippen LogP contribution in [0.2, 0.25) is 0 Å². The van der Waals surface area contributed by atoms with Gasteiger partial charge in [0.15, 0.2) is 0 Å². The van der Waals surface area contributed by atoms with E-state index in [0.717, 1.165) is 0 Å². The molecule has 58 valence electrons. The van der Waals surface area contributed by atoms with Crippen LogP contribution in [0.15, 0.2) is 22.8 Å². The Morgan fingerprint density at radius 1 is 1.64 bits per heavy atom. The predicted molar refractivity (Wildman–Crippen MR) is 33.3 cm³/mol. The Morgan fingerprint density at radius 2 is 2.45 bits per heavy atom. The summed E-state index contributed by atoms with van der Waals surface area (Å²) in [6.07, 6.45) is 0.0924. The molecule has 1 aliphatic rings. The summed E-state index contributed by atoms with van der Waals surface area (Å²) in [6.45, 7) is 0. The number of rotatable bonds is 2. The van der Waals surface area contributed by atoms with Crippen LogP contribution in [0.3, 0.4) is 0 Å². The van der Waals surface area contributed by atoms with E-state index in [1.54, 1.807) is 12.1 Å². The summed E-state index contributed by atoms with van der Waals surface area (Å²) in [6, 6.07) is 3.34. The molecule has 5 heteroatoms. The molecule has 0 radical (unpaired) electrons. The average Bonchev–Trinajstić information content (AvgIpc) is 2.60. The summed E-state index contributed by atoms with van der Waals surface area (Å²) in [5, 5.41) is 10.1. The summed E-state index contributed by atoms with van der Waals surface area (Å²) in [4.78, 5) is 9.64. The zero-order valence-electron chi connectivity index (χ0n) is 5.47. The monoisotopic (exact) mass is 155 g/mol. The smallest absolute Gasteiger partial charge is 0.350 e. The second-order valence-corrected chi connectivity index (χ2v) is 2.25. The van der Waals surface area contributed by atoms with E-state index in [1.165, 1.54) is 6.26 Å². The van der Waals surface area contributed by atoms with Crippen LogP contribution in [0, 0.1) is 10.1 Å². The summed E-state index contributed by atoms with van der Waals surface area (Å²) >= 11 is 0. The Labute approximate surface area is 61.7 Å². The van der Waals surface area contributed by atoms with Crippen LogP contribution >= 0.6 is 0 Å². The number of epoxide rings is 1. The van der Waals surface area contributed by atoms with Crippen LogP contribution in [0.4, 0.5) is 0 Å². The van der Waals surface area contributed by atoms with Gasteiger partial charge >= 0.3 is 6.23 Å². The molecule has 1 aromatic rings. The van der Waals surface area contributed by atoms with Crippen molar-refractivity contribution in [3.05, 3.63) is 34.3 Å². The van der Waals surface area contributed by atoms with Gasteiger partial charge in [0.1, 0.15) is 5.76 Å². The highest BCUT2D eigenvalue weighted by Crippen LogP contribution is 2.38. The molecular formula is C6H5NO4. The van der Waals surface area contributed by atoms with E-state index in [9.17, 15) is 10.1 Å². The first-order chi connectivity index (χ1) is 5.29. The van der Waals surface area contributed by atoms with Crippen LogP contribution in [-0.4, -0.2) is 11.2 Å². The third kappa shape index (κ3) is 0.988. The summed E-state index contributed by atoms with van der Waals surface area (Å²) in [7, 11) is 0. The summed E-state index contributed by atoms with van der Waals surface area (Å²) in [5.41, 5.74) is 0. The molecule has 2 atom stereocenters. The molecule has 0 bridgehead atoms. The van der Waals surface area contributed by atoms with Gasteiger partial charge in [0.2, 0.25) is 6.10 Å². The number of ether oxygens (including phenoxy) is 1. The largest absolute Gasteiger partial charge is 0.466 e. The Balaban J connectivity index is 2.08. The maximum Gasteiger partial charge on any atom is 0.350 e. The number of nitrogens with zero attached hydrogens (tertiary/aromatic N) is 1. The molecule has 0 amide bonds. The second kappa shape index (κ2) is 2.06. The Kier molecular flexibility index (Phi) is 1.19. The van der Waals surface area contributed by atoms with Crippen molar-refractivity contribution in [2.24, 2.45) is 0 Å². The van der Waals surface area contributed by atoms with Gasteiger partial charge in [-0.1, -0.05) is 0 Å². The molecule has 2 heterocycles. The third-order valence-corrected chi connectivity index (χ3v) is 1.50. The van der Waals surface area contributed by atoms with Crippen molar-refractivity contribution in [1.29, 1.82) is 0 Å². The fourth-order valence-corrected chi connectivity index (χ4v) is 0.926. The topological polar surface area (TPSA) is 68.8 Å². The first-order valence-corrected chi connectivity index (χ1v) is 3.11. The molecule has 0 N–H and O–H groups in total. The van der Waals surface area contributed by atoms with Crippen molar-refractivity contribution in [1.82, 2.24) is 0 Å². The average molecular weight is 155 g/mol. The van der Waals surface area contributed by atoms with Gasteiger partial charge < -0.3 is 4.42 Å². The van der Waals surface area contributed by atoms with E-state index in [2.05, 4.69) is 0 Å². The normalized spacial score (nSPS) is 28.4. The van der Waals surface area contributed by atoms with Gasteiger partial charge in [-0.3, -0.25) is 14.9 Å². The number of nitro groups is 1. The fourth-order valence-electron chi connectivity index (χ4n) is 0.926. The molecule has 0 saturated carbocycles. The number of hydrogen-bond donors (Lipinski definition) is 0. The molecular weight excluding hydrogens is 150 g/mol. The first-order valence-electron chi connectivity index (χ1n) is 3.11. The molecule has 0 unspecified atom stereocenters. The molecule has 0 spiro atoms. The predicted octanol–water partition coefficient (Wildman–Crippen LogP) is 0.954. The Hall–Kier alpha value is -1.36. The highest BCUT2D eigenvalue weighted by atomic mass is 16.7. The highest BCUT2D eigenvalue weighted by molar-refractivity contribution is 5.07. The van der Waals surface area contributed by atoms with Gasteiger partial charge in [-0.15, -0.1) is 0 Å². The van der Waals surface area contributed by atoms with Crippen LogP contribution in [0.25, 0.3) is 0 Å². The van der Waals surface area contributed by atoms with E-state index >= 15 is 0 Å². The Bertz CT molecular complexity index is 268. The van der Waals surface area contributed by atoms with Crippen molar-refractivity contribution >= 4 is 0 Å². The molecule has 11 heavy (non-hydrogen) atoms.